The van der Waals surface area contributed by atoms with Crippen LogP contribution in [0.2, 0.25) is 0 Å². The van der Waals surface area contributed by atoms with E-state index in [9.17, 15) is 4.79 Å². The van der Waals surface area contributed by atoms with Crippen LogP contribution in [-0.2, 0) is 11.3 Å². The van der Waals surface area contributed by atoms with Crippen LogP contribution in [0.4, 0.5) is 5.82 Å². The molecule has 0 saturated carbocycles. The minimum absolute atomic E-state index is 0.0445. The zero-order valence-corrected chi connectivity index (χ0v) is 15.4. The highest BCUT2D eigenvalue weighted by Gasteiger charge is 2.22. The SMILES string of the molecule is Cc1ccc(CNc2ncnc3cc(C4=NNC(=O)CC4C)ccc23)cc1. The van der Waals surface area contributed by atoms with E-state index >= 15 is 0 Å². The molecule has 27 heavy (non-hydrogen) atoms. The van der Waals surface area contributed by atoms with Crippen molar-refractivity contribution in [3.8, 4) is 0 Å². The van der Waals surface area contributed by atoms with Crippen LogP contribution < -0.4 is 10.7 Å². The predicted octanol–water partition coefficient (Wildman–Crippen LogP) is 3.41. The molecule has 0 spiro atoms. The van der Waals surface area contributed by atoms with Gasteiger partial charge in [0.2, 0.25) is 5.91 Å². The monoisotopic (exact) mass is 359 g/mol. The number of carbonyl (C=O) groups excluding carboxylic acids is 1. The molecule has 0 saturated heterocycles. The molecule has 6 nitrogen and oxygen atoms in total. The van der Waals surface area contributed by atoms with Crippen LogP contribution >= 0.6 is 0 Å². The lowest BCUT2D eigenvalue weighted by Gasteiger charge is -2.19. The van der Waals surface area contributed by atoms with Gasteiger partial charge >= 0.3 is 0 Å². The van der Waals surface area contributed by atoms with Crippen molar-refractivity contribution in [2.45, 2.75) is 26.8 Å². The van der Waals surface area contributed by atoms with Crippen molar-refractivity contribution in [1.82, 2.24) is 15.4 Å². The third kappa shape index (κ3) is 3.65. The van der Waals surface area contributed by atoms with Crippen molar-refractivity contribution in [3.63, 3.8) is 0 Å². The summed E-state index contributed by atoms with van der Waals surface area (Å²) in [4.78, 5) is 20.3. The van der Waals surface area contributed by atoms with Gasteiger partial charge in [-0.15, -0.1) is 0 Å². The summed E-state index contributed by atoms with van der Waals surface area (Å²) in [6.07, 6.45) is 2.02. The third-order valence-corrected chi connectivity index (χ3v) is 4.77. The van der Waals surface area contributed by atoms with Crippen LogP contribution in [-0.4, -0.2) is 21.6 Å². The van der Waals surface area contributed by atoms with Crippen molar-refractivity contribution in [2.24, 2.45) is 11.0 Å². The highest BCUT2D eigenvalue weighted by molar-refractivity contribution is 6.07. The molecule has 4 rings (SSSR count). The van der Waals surface area contributed by atoms with Crippen molar-refractivity contribution in [1.29, 1.82) is 0 Å². The number of hydrogen-bond acceptors (Lipinski definition) is 5. The summed E-state index contributed by atoms with van der Waals surface area (Å²) in [6, 6.07) is 14.4. The number of rotatable bonds is 4. The summed E-state index contributed by atoms with van der Waals surface area (Å²) in [5, 5.41) is 8.59. The van der Waals surface area contributed by atoms with Gasteiger partial charge < -0.3 is 5.32 Å². The van der Waals surface area contributed by atoms with Gasteiger partial charge in [0.25, 0.3) is 0 Å². The Morgan fingerprint density at radius 3 is 2.74 bits per heavy atom. The highest BCUT2D eigenvalue weighted by atomic mass is 16.2. The van der Waals surface area contributed by atoms with Gasteiger partial charge in [-0.05, 0) is 24.6 Å². The number of carbonyl (C=O) groups is 1. The number of nitrogens with zero attached hydrogens (tertiary/aromatic N) is 3. The Bertz CT molecular complexity index is 1030. The molecule has 0 aliphatic carbocycles. The van der Waals surface area contributed by atoms with E-state index in [0.29, 0.717) is 13.0 Å². The average Bonchev–Trinajstić information content (AvgIpc) is 2.67. The minimum Gasteiger partial charge on any atom is -0.365 e. The summed E-state index contributed by atoms with van der Waals surface area (Å²) in [6.45, 7) is 4.79. The zero-order chi connectivity index (χ0) is 18.8. The van der Waals surface area contributed by atoms with Gasteiger partial charge in [-0.3, -0.25) is 4.79 Å². The molecule has 2 N–H and O–H groups in total. The second-order valence-corrected chi connectivity index (χ2v) is 6.93. The zero-order valence-electron chi connectivity index (χ0n) is 15.4. The van der Waals surface area contributed by atoms with Gasteiger partial charge in [0, 0.05) is 29.8 Å². The molecule has 0 radical (unpaired) electrons. The lowest BCUT2D eigenvalue weighted by Crippen LogP contribution is -2.31. The van der Waals surface area contributed by atoms with Gasteiger partial charge in [0.1, 0.15) is 12.1 Å². The smallest absolute Gasteiger partial charge is 0.240 e. The first-order chi connectivity index (χ1) is 13.1. The lowest BCUT2D eigenvalue weighted by molar-refractivity contribution is -0.121. The number of hydrogen-bond donors (Lipinski definition) is 2. The topological polar surface area (TPSA) is 79.3 Å². The Hall–Kier alpha value is -3.28. The van der Waals surface area contributed by atoms with Gasteiger partial charge in [-0.2, -0.15) is 5.10 Å². The summed E-state index contributed by atoms with van der Waals surface area (Å²) in [5.74, 6) is 0.841. The van der Waals surface area contributed by atoms with Crippen molar-refractivity contribution < 1.29 is 4.79 Å². The van der Waals surface area contributed by atoms with Gasteiger partial charge in [0.15, 0.2) is 0 Å². The first-order valence-electron chi connectivity index (χ1n) is 9.01. The quantitative estimate of drug-likeness (QED) is 0.748. The van der Waals surface area contributed by atoms with E-state index in [1.165, 1.54) is 11.1 Å². The minimum atomic E-state index is -0.0445. The number of aryl methyl sites for hydroxylation is 1. The Morgan fingerprint density at radius 2 is 1.96 bits per heavy atom. The number of hydrazone groups is 1. The first-order valence-corrected chi connectivity index (χ1v) is 9.01. The molecule has 1 aromatic heterocycles. The van der Waals surface area contributed by atoms with Crippen LogP contribution in [0.25, 0.3) is 10.9 Å². The maximum Gasteiger partial charge on any atom is 0.240 e. The molecule has 136 valence electrons. The van der Waals surface area contributed by atoms with Crippen molar-refractivity contribution in [3.05, 3.63) is 65.5 Å². The molecular weight excluding hydrogens is 338 g/mol. The molecule has 6 heteroatoms. The van der Waals surface area contributed by atoms with Crippen molar-refractivity contribution in [2.75, 3.05) is 5.32 Å². The highest BCUT2D eigenvalue weighted by Crippen LogP contribution is 2.24. The Morgan fingerprint density at radius 1 is 1.15 bits per heavy atom. The number of anilines is 1. The van der Waals surface area contributed by atoms with E-state index in [1.807, 2.05) is 25.1 Å². The first kappa shape index (κ1) is 17.1. The molecule has 2 aromatic carbocycles. The number of benzene rings is 2. The van der Waals surface area contributed by atoms with Gasteiger partial charge in [-0.1, -0.05) is 42.8 Å². The molecule has 2 heterocycles. The fourth-order valence-electron chi connectivity index (χ4n) is 3.25. The molecule has 1 aliphatic rings. The van der Waals surface area contributed by atoms with E-state index in [1.54, 1.807) is 6.33 Å². The van der Waals surface area contributed by atoms with E-state index < -0.39 is 0 Å². The largest absolute Gasteiger partial charge is 0.365 e. The van der Waals surface area contributed by atoms with E-state index in [0.717, 1.165) is 28.0 Å². The second kappa shape index (κ2) is 7.15. The lowest BCUT2D eigenvalue weighted by atomic mass is 9.93. The predicted molar refractivity (Wildman–Crippen MR) is 107 cm³/mol. The molecule has 1 amide bonds. The fraction of sp³-hybridized carbons (Fsp3) is 0.238. The van der Waals surface area contributed by atoms with E-state index in [2.05, 4.69) is 57.0 Å². The van der Waals surface area contributed by atoms with Crippen LogP contribution in [0.1, 0.15) is 30.0 Å². The van der Waals surface area contributed by atoms with E-state index in [-0.39, 0.29) is 11.8 Å². The van der Waals surface area contributed by atoms with Crippen molar-refractivity contribution >= 4 is 28.3 Å². The summed E-state index contributed by atoms with van der Waals surface area (Å²) in [7, 11) is 0. The number of amides is 1. The number of nitrogens with one attached hydrogen (secondary N) is 2. The molecule has 0 bridgehead atoms. The summed E-state index contributed by atoms with van der Waals surface area (Å²) in [5.41, 5.74) is 7.71. The maximum atomic E-state index is 11.5. The fourth-order valence-corrected chi connectivity index (χ4v) is 3.25. The van der Waals surface area contributed by atoms with Crippen LogP contribution in [0, 0.1) is 12.8 Å². The molecule has 1 aliphatic heterocycles. The van der Waals surface area contributed by atoms with E-state index in [4.69, 9.17) is 0 Å². The molecule has 3 aromatic rings. The Labute approximate surface area is 157 Å². The summed E-state index contributed by atoms with van der Waals surface area (Å²) < 4.78 is 0. The Kier molecular flexibility index (Phi) is 4.54. The normalized spacial score (nSPS) is 16.7. The summed E-state index contributed by atoms with van der Waals surface area (Å²) >= 11 is 0. The second-order valence-electron chi connectivity index (χ2n) is 6.93. The molecular formula is C21H21N5O. The molecule has 0 fully saturated rings. The number of aromatic nitrogens is 2. The average molecular weight is 359 g/mol. The molecule has 1 unspecified atom stereocenters. The van der Waals surface area contributed by atoms with Gasteiger partial charge in [0.05, 0.1) is 11.2 Å². The van der Waals surface area contributed by atoms with Crippen LogP contribution in [0.3, 0.4) is 0 Å². The Balaban J connectivity index is 1.60. The number of fused-ring (bicyclic) bond motifs is 1. The van der Waals surface area contributed by atoms with Gasteiger partial charge in [-0.25, -0.2) is 15.4 Å². The third-order valence-electron chi connectivity index (χ3n) is 4.77. The standard InChI is InChI=1S/C21H21N5O/c1-13-3-5-15(6-4-13)11-22-21-17-8-7-16(10-18(17)23-12-24-21)20-14(2)9-19(27)25-26-20/h3-8,10,12,14H,9,11H2,1-2H3,(H,25,27)(H,22,23,24). The molecule has 1 atom stereocenters. The van der Waals surface area contributed by atoms with Crippen LogP contribution in [0.5, 0.6) is 0 Å². The van der Waals surface area contributed by atoms with Crippen LogP contribution in [0.15, 0.2) is 53.9 Å². The maximum absolute atomic E-state index is 11.5.